The number of methoxy groups -OCH3 is 1. The van der Waals surface area contributed by atoms with Crippen LogP contribution in [-0.4, -0.2) is 31.1 Å². The molecule has 0 fully saturated rings. The van der Waals surface area contributed by atoms with E-state index in [0.717, 1.165) is 25.0 Å². The summed E-state index contributed by atoms with van der Waals surface area (Å²) in [7, 11) is 1.60. The molecule has 0 heterocycles. The molecule has 0 unspecified atom stereocenters. The smallest absolute Gasteiger partial charge is 0.271 e. The summed E-state index contributed by atoms with van der Waals surface area (Å²) < 4.78 is 4.88. The van der Waals surface area contributed by atoms with Gasteiger partial charge in [0.1, 0.15) is 0 Å². The minimum absolute atomic E-state index is 0.00221. The average Bonchev–Trinajstić information content (AvgIpc) is 2.41. The number of carbonyl (C=O) groups excluding carboxylic acids is 1. The number of hydrogen-bond acceptors (Lipinski definition) is 4. The van der Waals surface area contributed by atoms with Crippen molar-refractivity contribution < 1.29 is 14.5 Å². The summed E-state index contributed by atoms with van der Waals surface area (Å²) in [4.78, 5) is 22.0. The van der Waals surface area contributed by atoms with Crippen molar-refractivity contribution in [2.45, 2.75) is 12.8 Å². The number of unbranched alkanes of at least 4 members (excludes halogenated alkanes) is 1. The molecular weight excluding hydrogens is 307 g/mol. The summed E-state index contributed by atoms with van der Waals surface area (Å²) in [5.74, 6) is -0.488. The Labute approximate surface area is 126 Å². The molecule has 0 saturated carbocycles. The first-order valence-electron chi connectivity index (χ1n) is 5.88. The van der Waals surface area contributed by atoms with Crippen molar-refractivity contribution in [2.75, 3.05) is 20.3 Å². The highest BCUT2D eigenvalue weighted by molar-refractivity contribution is 6.44. The van der Waals surface area contributed by atoms with Gasteiger partial charge in [-0.1, -0.05) is 23.2 Å². The van der Waals surface area contributed by atoms with Gasteiger partial charge in [-0.15, -0.1) is 0 Å². The van der Waals surface area contributed by atoms with Crippen molar-refractivity contribution in [2.24, 2.45) is 0 Å². The fraction of sp³-hybridized carbons (Fsp3) is 0.417. The lowest BCUT2D eigenvalue weighted by Crippen LogP contribution is -2.25. The number of amides is 1. The molecule has 0 saturated heterocycles. The Hall–Kier alpha value is -1.37. The number of carbonyl (C=O) groups is 1. The molecule has 6 nitrogen and oxygen atoms in total. The van der Waals surface area contributed by atoms with E-state index in [2.05, 4.69) is 5.32 Å². The van der Waals surface area contributed by atoms with Crippen molar-refractivity contribution in [3.05, 3.63) is 37.9 Å². The molecule has 1 amide bonds. The Morgan fingerprint density at radius 3 is 2.70 bits per heavy atom. The van der Waals surface area contributed by atoms with Gasteiger partial charge in [0.05, 0.1) is 20.5 Å². The van der Waals surface area contributed by atoms with Crippen molar-refractivity contribution in [3.63, 3.8) is 0 Å². The lowest BCUT2D eigenvalue weighted by molar-refractivity contribution is -0.384. The van der Waals surface area contributed by atoms with E-state index in [1.165, 1.54) is 0 Å². The van der Waals surface area contributed by atoms with Crippen LogP contribution in [0.15, 0.2) is 12.1 Å². The lowest BCUT2D eigenvalue weighted by Gasteiger charge is -2.07. The average molecular weight is 321 g/mol. The zero-order chi connectivity index (χ0) is 15.1. The van der Waals surface area contributed by atoms with Crippen LogP contribution in [-0.2, 0) is 4.74 Å². The van der Waals surface area contributed by atoms with E-state index in [9.17, 15) is 14.9 Å². The largest absolute Gasteiger partial charge is 0.385 e. The molecule has 1 aromatic carbocycles. The maximum atomic E-state index is 11.9. The number of nitro groups is 1. The van der Waals surface area contributed by atoms with Gasteiger partial charge in [0.2, 0.25) is 0 Å². The first kappa shape index (κ1) is 16.7. The highest BCUT2D eigenvalue weighted by atomic mass is 35.5. The van der Waals surface area contributed by atoms with Gasteiger partial charge < -0.3 is 10.1 Å². The minimum atomic E-state index is -0.627. The first-order valence-corrected chi connectivity index (χ1v) is 6.63. The predicted molar refractivity (Wildman–Crippen MR) is 76.6 cm³/mol. The Kier molecular flexibility index (Phi) is 6.70. The zero-order valence-corrected chi connectivity index (χ0v) is 12.3. The maximum Gasteiger partial charge on any atom is 0.271 e. The van der Waals surface area contributed by atoms with Crippen LogP contribution in [0.1, 0.15) is 23.2 Å². The standard InChI is InChI=1S/C12H14Cl2N2O4/c1-20-5-3-2-4-15-12(17)9-6-8(16(18)19)7-10(13)11(9)14/h6-7H,2-5H2,1H3,(H,15,17). The lowest BCUT2D eigenvalue weighted by atomic mass is 10.2. The van der Waals surface area contributed by atoms with Crippen molar-refractivity contribution >= 4 is 34.8 Å². The van der Waals surface area contributed by atoms with Gasteiger partial charge in [-0.3, -0.25) is 14.9 Å². The number of halogens is 2. The predicted octanol–water partition coefficient (Wildman–Crippen LogP) is 3.06. The normalized spacial score (nSPS) is 10.3. The highest BCUT2D eigenvalue weighted by Crippen LogP contribution is 2.30. The summed E-state index contributed by atoms with van der Waals surface area (Å²) in [6.07, 6.45) is 1.54. The Morgan fingerprint density at radius 1 is 1.40 bits per heavy atom. The van der Waals surface area contributed by atoms with Crippen LogP contribution in [0.4, 0.5) is 5.69 Å². The van der Waals surface area contributed by atoms with Gasteiger partial charge in [0, 0.05) is 32.4 Å². The fourth-order valence-corrected chi connectivity index (χ4v) is 1.92. The molecule has 110 valence electrons. The van der Waals surface area contributed by atoms with E-state index in [1.54, 1.807) is 7.11 Å². The molecule has 1 rings (SSSR count). The highest BCUT2D eigenvalue weighted by Gasteiger charge is 2.19. The van der Waals surface area contributed by atoms with Gasteiger partial charge in [-0.05, 0) is 12.8 Å². The summed E-state index contributed by atoms with van der Waals surface area (Å²) >= 11 is 11.7. The molecule has 0 bridgehead atoms. The van der Waals surface area contributed by atoms with Gasteiger partial charge in [0.15, 0.2) is 0 Å². The molecule has 0 radical (unpaired) electrons. The van der Waals surface area contributed by atoms with Crippen LogP contribution in [0.5, 0.6) is 0 Å². The van der Waals surface area contributed by atoms with Crippen molar-refractivity contribution in [1.82, 2.24) is 5.32 Å². The van der Waals surface area contributed by atoms with E-state index in [0.29, 0.717) is 13.2 Å². The Morgan fingerprint density at radius 2 is 2.10 bits per heavy atom. The SMILES string of the molecule is COCCCCNC(=O)c1cc([N+](=O)[O-])cc(Cl)c1Cl. The quantitative estimate of drug-likeness (QED) is 0.475. The molecule has 0 aliphatic heterocycles. The van der Waals surface area contributed by atoms with E-state index < -0.39 is 10.8 Å². The third kappa shape index (κ3) is 4.63. The molecule has 0 atom stereocenters. The number of nitrogens with one attached hydrogen (secondary N) is 1. The van der Waals surface area contributed by atoms with Crippen LogP contribution >= 0.6 is 23.2 Å². The Balaban J connectivity index is 2.74. The van der Waals surface area contributed by atoms with Gasteiger partial charge in [0.25, 0.3) is 11.6 Å². The zero-order valence-electron chi connectivity index (χ0n) is 10.8. The van der Waals surface area contributed by atoms with Crippen LogP contribution in [0.2, 0.25) is 10.0 Å². The molecule has 20 heavy (non-hydrogen) atoms. The minimum Gasteiger partial charge on any atom is -0.385 e. The molecule has 0 aromatic heterocycles. The molecule has 0 aliphatic rings. The van der Waals surface area contributed by atoms with E-state index in [4.69, 9.17) is 27.9 Å². The molecule has 0 spiro atoms. The maximum absolute atomic E-state index is 11.9. The summed E-state index contributed by atoms with van der Waals surface area (Å²) in [6.45, 7) is 1.04. The van der Waals surface area contributed by atoms with Crippen molar-refractivity contribution in [3.8, 4) is 0 Å². The van der Waals surface area contributed by atoms with Crippen LogP contribution in [0.25, 0.3) is 0 Å². The number of nitrogens with zero attached hydrogens (tertiary/aromatic N) is 1. The topological polar surface area (TPSA) is 81.5 Å². The number of nitro benzene ring substituents is 1. The van der Waals surface area contributed by atoms with E-state index >= 15 is 0 Å². The van der Waals surface area contributed by atoms with E-state index in [1.807, 2.05) is 0 Å². The third-order valence-corrected chi connectivity index (χ3v) is 3.33. The first-order chi connectivity index (χ1) is 9.47. The van der Waals surface area contributed by atoms with Gasteiger partial charge in [-0.2, -0.15) is 0 Å². The second-order valence-corrected chi connectivity index (χ2v) is 4.79. The molecule has 1 aromatic rings. The van der Waals surface area contributed by atoms with Crippen LogP contribution in [0, 0.1) is 10.1 Å². The van der Waals surface area contributed by atoms with Crippen LogP contribution < -0.4 is 5.32 Å². The van der Waals surface area contributed by atoms with Crippen LogP contribution in [0.3, 0.4) is 0 Å². The monoisotopic (exact) mass is 320 g/mol. The van der Waals surface area contributed by atoms with Crippen molar-refractivity contribution in [1.29, 1.82) is 0 Å². The molecule has 1 N–H and O–H groups in total. The number of ether oxygens (including phenoxy) is 1. The number of rotatable bonds is 7. The Bertz CT molecular complexity index is 508. The molecular formula is C12H14Cl2N2O4. The number of benzene rings is 1. The third-order valence-electron chi connectivity index (χ3n) is 2.53. The number of hydrogen-bond donors (Lipinski definition) is 1. The second kappa shape index (κ2) is 8.04. The van der Waals surface area contributed by atoms with Gasteiger partial charge >= 0.3 is 0 Å². The fourth-order valence-electron chi connectivity index (χ4n) is 1.51. The van der Waals surface area contributed by atoms with Gasteiger partial charge in [-0.25, -0.2) is 0 Å². The molecule has 8 heteroatoms. The second-order valence-electron chi connectivity index (χ2n) is 4.00. The summed E-state index contributed by atoms with van der Waals surface area (Å²) in [5.41, 5.74) is -0.276. The molecule has 0 aliphatic carbocycles. The summed E-state index contributed by atoms with van der Waals surface area (Å²) in [6, 6.07) is 2.22. The summed E-state index contributed by atoms with van der Waals surface area (Å²) in [5, 5.41) is 13.3. The number of non-ortho nitro benzene ring substituents is 1. The van der Waals surface area contributed by atoms with E-state index in [-0.39, 0.29) is 21.3 Å².